The summed E-state index contributed by atoms with van der Waals surface area (Å²) >= 11 is 0. The summed E-state index contributed by atoms with van der Waals surface area (Å²) in [6.07, 6.45) is 3.46. The third kappa shape index (κ3) is 0.903. The van der Waals surface area contributed by atoms with Gasteiger partial charge in [0, 0.05) is 11.6 Å². The van der Waals surface area contributed by atoms with Crippen molar-refractivity contribution in [3.8, 4) is 12.0 Å². The fourth-order valence-electron chi connectivity index (χ4n) is 1.19. The summed E-state index contributed by atoms with van der Waals surface area (Å²) in [5.41, 5.74) is 0.860. The molecular formula is C9H6N2O. The van der Waals surface area contributed by atoms with E-state index in [4.69, 9.17) is 10.00 Å². The van der Waals surface area contributed by atoms with E-state index in [0.29, 0.717) is 5.75 Å². The van der Waals surface area contributed by atoms with Gasteiger partial charge >= 0.3 is 0 Å². The average molecular weight is 158 g/mol. The Kier molecular flexibility index (Phi) is 1.45. The van der Waals surface area contributed by atoms with Crippen molar-refractivity contribution in [2.75, 3.05) is 0 Å². The summed E-state index contributed by atoms with van der Waals surface area (Å²) in [4.78, 5) is 3.00. The first-order valence-corrected chi connectivity index (χ1v) is 3.54. The van der Waals surface area contributed by atoms with Gasteiger partial charge in [-0.2, -0.15) is 0 Å². The summed E-state index contributed by atoms with van der Waals surface area (Å²) in [6.45, 7) is 0. The van der Waals surface area contributed by atoms with Gasteiger partial charge < -0.3 is 9.72 Å². The third-order valence-corrected chi connectivity index (χ3v) is 1.70. The van der Waals surface area contributed by atoms with Crippen LogP contribution in [0.2, 0.25) is 0 Å². The molecule has 3 nitrogen and oxygen atoms in total. The van der Waals surface area contributed by atoms with E-state index in [1.807, 2.05) is 24.4 Å². The number of aromatic nitrogens is 1. The monoisotopic (exact) mass is 158 g/mol. The van der Waals surface area contributed by atoms with Gasteiger partial charge in [0.1, 0.15) is 0 Å². The number of hydrogen-bond donors (Lipinski definition) is 1. The lowest BCUT2D eigenvalue weighted by molar-refractivity contribution is 0.512. The molecule has 0 unspecified atom stereocenters. The Morgan fingerprint density at radius 2 is 2.25 bits per heavy atom. The topological polar surface area (TPSA) is 48.8 Å². The number of benzene rings is 1. The zero-order chi connectivity index (χ0) is 8.39. The van der Waals surface area contributed by atoms with Gasteiger partial charge in [-0.25, -0.2) is 0 Å². The molecule has 0 aliphatic carbocycles. The highest BCUT2D eigenvalue weighted by molar-refractivity contribution is 5.85. The normalized spacial score (nSPS) is 9.58. The van der Waals surface area contributed by atoms with Gasteiger partial charge in [-0.1, -0.05) is 12.1 Å². The fraction of sp³-hybridized carbons (Fsp3) is 0. The number of fused-ring (bicyclic) bond motifs is 1. The SMILES string of the molecule is N#COc1cccc2cc[nH]c12. The van der Waals surface area contributed by atoms with Crippen LogP contribution in [0.15, 0.2) is 30.5 Å². The number of nitriles is 1. The number of nitrogens with zero attached hydrogens (tertiary/aromatic N) is 1. The minimum absolute atomic E-state index is 0.569. The molecule has 1 heterocycles. The molecule has 3 heteroatoms. The Balaban J connectivity index is 2.67. The largest absolute Gasteiger partial charge is 0.386 e. The first-order chi connectivity index (χ1) is 5.92. The minimum atomic E-state index is 0.569. The quantitative estimate of drug-likeness (QED) is 0.645. The standard InChI is InChI=1S/C9H6N2O/c10-6-12-8-3-1-2-7-4-5-11-9(7)8/h1-5,11H. The minimum Gasteiger partial charge on any atom is -0.386 e. The maximum absolute atomic E-state index is 8.33. The number of hydrogen-bond acceptors (Lipinski definition) is 2. The molecule has 0 aliphatic heterocycles. The molecule has 0 radical (unpaired) electrons. The van der Waals surface area contributed by atoms with Crippen molar-refractivity contribution in [3.63, 3.8) is 0 Å². The Hall–Kier alpha value is -1.95. The van der Waals surface area contributed by atoms with E-state index in [1.54, 1.807) is 12.3 Å². The van der Waals surface area contributed by atoms with Crippen LogP contribution in [0, 0.1) is 11.5 Å². The average Bonchev–Trinajstić information content (AvgIpc) is 2.53. The lowest BCUT2D eigenvalue weighted by Gasteiger charge is -1.96. The molecule has 1 N–H and O–H groups in total. The molecule has 2 rings (SSSR count). The molecule has 1 aromatic carbocycles. The molecule has 0 saturated heterocycles. The summed E-state index contributed by atoms with van der Waals surface area (Å²) in [6, 6.07) is 7.49. The van der Waals surface area contributed by atoms with Gasteiger partial charge in [0.15, 0.2) is 5.75 Å². The van der Waals surface area contributed by atoms with Crippen LogP contribution in [0.1, 0.15) is 0 Å². The van der Waals surface area contributed by atoms with E-state index >= 15 is 0 Å². The van der Waals surface area contributed by atoms with E-state index in [2.05, 4.69) is 4.98 Å². The predicted molar refractivity (Wildman–Crippen MR) is 44.5 cm³/mol. The maximum Gasteiger partial charge on any atom is 0.292 e. The van der Waals surface area contributed by atoms with Gasteiger partial charge in [-0.05, 0) is 12.1 Å². The van der Waals surface area contributed by atoms with Crippen LogP contribution in [0.5, 0.6) is 5.75 Å². The van der Waals surface area contributed by atoms with E-state index in [-0.39, 0.29) is 0 Å². The highest BCUT2D eigenvalue weighted by atomic mass is 16.5. The van der Waals surface area contributed by atoms with Crippen molar-refractivity contribution >= 4 is 10.9 Å². The summed E-state index contributed by atoms with van der Waals surface area (Å²) in [5, 5.41) is 9.37. The van der Waals surface area contributed by atoms with Crippen molar-refractivity contribution in [3.05, 3.63) is 30.5 Å². The summed E-state index contributed by atoms with van der Waals surface area (Å²) in [7, 11) is 0. The Morgan fingerprint density at radius 1 is 1.33 bits per heavy atom. The molecule has 0 amide bonds. The van der Waals surface area contributed by atoms with E-state index < -0.39 is 0 Å². The van der Waals surface area contributed by atoms with Gasteiger partial charge in [0.05, 0.1) is 5.52 Å². The van der Waals surface area contributed by atoms with Crippen LogP contribution in [-0.4, -0.2) is 4.98 Å². The molecule has 58 valence electrons. The second kappa shape index (κ2) is 2.59. The van der Waals surface area contributed by atoms with Gasteiger partial charge in [0.25, 0.3) is 6.26 Å². The molecule has 0 saturated carbocycles. The van der Waals surface area contributed by atoms with Gasteiger partial charge in [-0.3, -0.25) is 0 Å². The Morgan fingerprint density at radius 3 is 3.08 bits per heavy atom. The lowest BCUT2D eigenvalue weighted by atomic mass is 10.2. The Labute approximate surface area is 69.2 Å². The van der Waals surface area contributed by atoms with E-state index in [0.717, 1.165) is 10.9 Å². The number of para-hydroxylation sites is 1. The van der Waals surface area contributed by atoms with Gasteiger partial charge in [-0.15, -0.1) is 5.26 Å². The van der Waals surface area contributed by atoms with Crippen LogP contribution in [0.3, 0.4) is 0 Å². The van der Waals surface area contributed by atoms with Gasteiger partial charge in [0.2, 0.25) is 0 Å². The molecule has 2 aromatic rings. The number of H-pyrrole nitrogens is 1. The van der Waals surface area contributed by atoms with E-state index in [1.165, 1.54) is 0 Å². The molecule has 0 aliphatic rings. The Bertz CT molecular complexity index is 439. The van der Waals surface area contributed by atoms with E-state index in [9.17, 15) is 0 Å². The molecule has 1 aromatic heterocycles. The highest BCUT2D eigenvalue weighted by Crippen LogP contribution is 2.23. The number of rotatable bonds is 1. The summed E-state index contributed by atoms with van der Waals surface area (Å²) < 4.78 is 4.75. The zero-order valence-electron chi connectivity index (χ0n) is 6.24. The van der Waals surface area contributed by atoms with Crippen LogP contribution in [-0.2, 0) is 0 Å². The van der Waals surface area contributed by atoms with Crippen molar-refractivity contribution in [1.29, 1.82) is 5.26 Å². The van der Waals surface area contributed by atoms with Crippen LogP contribution < -0.4 is 4.74 Å². The highest BCUT2D eigenvalue weighted by Gasteiger charge is 2.00. The first kappa shape index (κ1) is 6.74. The maximum atomic E-state index is 8.33. The second-order valence-corrected chi connectivity index (χ2v) is 2.39. The number of aromatic amines is 1. The van der Waals surface area contributed by atoms with Crippen molar-refractivity contribution in [2.45, 2.75) is 0 Å². The smallest absolute Gasteiger partial charge is 0.292 e. The van der Waals surface area contributed by atoms with Crippen LogP contribution in [0.4, 0.5) is 0 Å². The molecular weight excluding hydrogens is 152 g/mol. The zero-order valence-corrected chi connectivity index (χ0v) is 6.24. The van der Waals surface area contributed by atoms with Crippen molar-refractivity contribution < 1.29 is 4.74 Å². The van der Waals surface area contributed by atoms with Crippen molar-refractivity contribution in [1.82, 2.24) is 4.98 Å². The molecule has 0 atom stereocenters. The molecule has 12 heavy (non-hydrogen) atoms. The lowest BCUT2D eigenvalue weighted by Crippen LogP contribution is -1.82. The first-order valence-electron chi connectivity index (χ1n) is 3.54. The summed E-state index contributed by atoms with van der Waals surface area (Å²) in [5.74, 6) is 0.569. The number of ether oxygens (including phenoxy) is 1. The third-order valence-electron chi connectivity index (χ3n) is 1.70. The van der Waals surface area contributed by atoms with Crippen LogP contribution in [0.25, 0.3) is 10.9 Å². The molecule has 0 fully saturated rings. The fourth-order valence-corrected chi connectivity index (χ4v) is 1.19. The predicted octanol–water partition coefficient (Wildman–Crippen LogP) is 2.03. The van der Waals surface area contributed by atoms with Crippen molar-refractivity contribution in [2.24, 2.45) is 0 Å². The molecule has 0 spiro atoms. The second-order valence-electron chi connectivity index (χ2n) is 2.39. The molecule has 0 bridgehead atoms. The van der Waals surface area contributed by atoms with Crippen LogP contribution >= 0.6 is 0 Å². The number of nitrogens with one attached hydrogen (secondary N) is 1.